The third-order valence-electron chi connectivity index (χ3n) is 7.32. The Morgan fingerprint density at radius 2 is 1.92 bits per heavy atom. The zero-order valence-electron chi connectivity index (χ0n) is 22.8. The van der Waals surface area contributed by atoms with Crippen LogP contribution in [0.1, 0.15) is 54.9 Å². The predicted molar refractivity (Wildman–Crippen MR) is 143 cm³/mol. The molecule has 3 amide bonds. The van der Waals surface area contributed by atoms with E-state index in [1.165, 1.54) is 0 Å². The molecule has 1 aliphatic carbocycles. The van der Waals surface area contributed by atoms with Gasteiger partial charge >= 0.3 is 0 Å². The molecule has 2 bridgehead atoms. The van der Waals surface area contributed by atoms with Gasteiger partial charge in [0.1, 0.15) is 5.82 Å². The Morgan fingerprint density at radius 3 is 2.66 bits per heavy atom. The van der Waals surface area contributed by atoms with Crippen LogP contribution in [-0.2, 0) is 29.5 Å². The van der Waals surface area contributed by atoms with E-state index >= 15 is 0 Å². The number of likely N-dealkylation sites (N-methyl/N-ethyl adjacent to an activating group) is 1. The number of amides is 3. The van der Waals surface area contributed by atoms with Gasteiger partial charge in [0.25, 0.3) is 5.91 Å². The van der Waals surface area contributed by atoms with Crippen molar-refractivity contribution in [2.24, 2.45) is 13.0 Å². The summed E-state index contributed by atoms with van der Waals surface area (Å²) in [6.07, 6.45) is 4.52. The molecule has 2 aliphatic rings. The molecule has 0 radical (unpaired) electrons. The molecule has 1 aliphatic heterocycles. The summed E-state index contributed by atoms with van der Waals surface area (Å²) >= 11 is 0. The summed E-state index contributed by atoms with van der Waals surface area (Å²) < 4.78 is 1.78. The van der Waals surface area contributed by atoms with Crippen LogP contribution < -0.4 is 16.0 Å². The minimum absolute atomic E-state index is 0.0410. The first-order valence-electron chi connectivity index (χ1n) is 13.3. The Bertz CT molecular complexity index is 1180. The van der Waals surface area contributed by atoms with Gasteiger partial charge in [-0.2, -0.15) is 10.1 Å². The predicted octanol–water partition coefficient (Wildman–Crippen LogP) is 0.623. The molecule has 206 valence electrons. The molecule has 2 aromatic heterocycles. The zero-order chi connectivity index (χ0) is 27.4. The molecule has 4 rings (SSSR count). The lowest BCUT2D eigenvalue weighted by Crippen LogP contribution is -2.47. The topological polar surface area (TPSA) is 143 Å². The van der Waals surface area contributed by atoms with Crippen LogP contribution in [0.3, 0.4) is 0 Å². The van der Waals surface area contributed by atoms with Crippen molar-refractivity contribution in [3.05, 3.63) is 29.2 Å². The highest BCUT2D eigenvalue weighted by Crippen LogP contribution is 2.27. The van der Waals surface area contributed by atoms with Gasteiger partial charge in [0.05, 0.1) is 6.54 Å². The fraction of sp³-hybridized carbons (Fsp3) is 0.615. The number of rotatable bonds is 3. The first-order chi connectivity index (χ1) is 18.1. The Balaban J connectivity index is 1.63. The third-order valence-corrected chi connectivity index (χ3v) is 7.32. The third kappa shape index (κ3) is 6.22. The van der Waals surface area contributed by atoms with E-state index < -0.39 is 0 Å². The summed E-state index contributed by atoms with van der Waals surface area (Å²) in [4.78, 5) is 53.5. The second kappa shape index (κ2) is 11.8. The highest BCUT2D eigenvalue weighted by atomic mass is 16.2. The van der Waals surface area contributed by atoms with E-state index in [2.05, 4.69) is 20.4 Å². The van der Waals surface area contributed by atoms with E-state index in [0.29, 0.717) is 57.0 Å². The summed E-state index contributed by atoms with van der Waals surface area (Å²) in [5.41, 5.74) is 8.14. The number of anilines is 2. The van der Waals surface area contributed by atoms with Crippen LogP contribution in [0, 0.1) is 5.92 Å². The van der Waals surface area contributed by atoms with Crippen molar-refractivity contribution in [1.82, 2.24) is 34.9 Å². The molecule has 12 nitrogen and oxygen atoms in total. The standard InChI is InChI=1S/C26H39N9O3/c1-17(2)15-35-16-23(37)32(3)18-7-8-20-19(14-18)24(31-33(20)4)25(38)28-11-13-34(12-5-6-22(35)36)21-9-10-29-26(27)30-21/h9-10,17-18H,5-8,11-16H2,1-4H3,(H,28,38)(H2,27,29,30). The number of hydrogen-bond acceptors (Lipinski definition) is 8. The maximum Gasteiger partial charge on any atom is 0.272 e. The number of nitrogen functional groups attached to an aromatic ring is 1. The van der Waals surface area contributed by atoms with Crippen molar-refractivity contribution in [2.75, 3.05) is 50.4 Å². The molecule has 0 spiro atoms. The number of aromatic nitrogens is 4. The number of carbonyl (C=O) groups is 3. The molecule has 2 aromatic rings. The van der Waals surface area contributed by atoms with E-state index in [9.17, 15) is 14.4 Å². The Morgan fingerprint density at radius 1 is 1.13 bits per heavy atom. The maximum atomic E-state index is 13.3. The largest absolute Gasteiger partial charge is 0.368 e. The van der Waals surface area contributed by atoms with Crippen molar-refractivity contribution in [3.8, 4) is 0 Å². The zero-order valence-corrected chi connectivity index (χ0v) is 22.8. The van der Waals surface area contributed by atoms with Crippen LogP contribution in [0.4, 0.5) is 11.8 Å². The van der Waals surface area contributed by atoms with Crippen LogP contribution in [-0.4, -0.2) is 93.1 Å². The fourth-order valence-corrected chi connectivity index (χ4v) is 5.31. The molecular formula is C26H39N9O3. The van der Waals surface area contributed by atoms with Gasteiger partial charge in [-0.1, -0.05) is 13.8 Å². The van der Waals surface area contributed by atoms with E-state index in [4.69, 9.17) is 5.73 Å². The summed E-state index contributed by atoms with van der Waals surface area (Å²) in [5.74, 6) is 0.656. The van der Waals surface area contributed by atoms with Crippen LogP contribution in [0.25, 0.3) is 0 Å². The number of nitrogens with zero attached hydrogens (tertiary/aromatic N) is 7. The normalized spacial score (nSPS) is 20.1. The van der Waals surface area contributed by atoms with Gasteiger partial charge in [-0.25, -0.2) is 4.98 Å². The first kappa shape index (κ1) is 27.3. The Hall–Kier alpha value is -3.70. The molecule has 0 aromatic carbocycles. The van der Waals surface area contributed by atoms with Crippen molar-refractivity contribution in [2.45, 2.75) is 52.0 Å². The number of carbonyl (C=O) groups excluding carboxylic acids is 3. The van der Waals surface area contributed by atoms with Gasteiger partial charge in [0.15, 0.2) is 5.69 Å². The lowest BCUT2D eigenvalue weighted by molar-refractivity contribution is -0.141. The molecule has 38 heavy (non-hydrogen) atoms. The SMILES string of the molecule is CC(C)CN1CC(=O)N(C)C2CCc3c(c(nn3C)C(=O)NCCN(c3ccnc(N)n3)CCCC1=O)C2. The Kier molecular flexibility index (Phi) is 8.48. The molecule has 0 saturated carbocycles. The van der Waals surface area contributed by atoms with Crippen molar-refractivity contribution in [1.29, 1.82) is 0 Å². The molecule has 3 N–H and O–H groups in total. The molecule has 12 heteroatoms. The first-order valence-corrected chi connectivity index (χ1v) is 13.3. The van der Waals surface area contributed by atoms with Crippen molar-refractivity contribution >= 4 is 29.5 Å². The van der Waals surface area contributed by atoms with Crippen molar-refractivity contribution < 1.29 is 14.4 Å². The van der Waals surface area contributed by atoms with E-state index in [-0.39, 0.29) is 42.2 Å². The van der Waals surface area contributed by atoms with E-state index in [1.54, 1.807) is 33.8 Å². The van der Waals surface area contributed by atoms with Gasteiger partial charge in [-0.05, 0) is 37.7 Å². The summed E-state index contributed by atoms with van der Waals surface area (Å²) in [5, 5.41) is 7.53. The number of fused-ring (bicyclic) bond motifs is 1. The molecule has 0 fully saturated rings. The molecule has 3 heterocycles. The van der Waals surface area contributed by atoms with Gasteiger partial charge < -0.3 is 25.8 Å². The monoisotopic (exact) mass is 525 g/mol. The number of hydrogen-bond donors (Lipinski definition) is 2. The lowest BCUT2D eigenvalue weighted by atomic mass is 9.90. The summed E-state index contributed by atoms with van der Waals surface area (Å²) in [6, 6.07) is 1.70. The van der Waals surface area contributed by atoms with Gasteiger partial charge in [0.2, 0.25) is 17.8 Å². The minimum atomic E-state index is -0.235. The summed E-state index contributed by atoms with van der Waals surface area (Å²) in [7, 11) is 3.65. The molecular weight excluding hydrogens is 486 g/mol. The highest BCUT2D eigenvalue weighted by Gasteiger charge is 2.32. The summed E-state index contributed by atoms with van der Waals surface area (Å²) in [6.45, 7) is 6.02. The minimum Gasteiger partial charge on any atom is -0.368 e. The molecule has 1 atom stereocenters. The van der Waals surface area contributed by atoms with Crippen LogP contribution >= 0.6 is 0 Å². The number of aryl methyl sites for hydroxylation is 1. The lowest BCUT2D eigenvalue weighted by Gasteiger charge is -2.34. The average molecular weight is 526 g/mol. The quantitative estimate of drug-likeness (QED) is 0.594. The Labute approximate surface area is 223 Å². The van der Waals surface area contributed by atoms with Crippen LogP contribution in [0.2, 0.25) is 0 Å². The van der Waals surface area contributed by atoms with Gasteiger partial charge in [0, 0.05) is 70.2 Å². The van der Waals surface area contributed by atoms with Crippen LogP contribution in [0.5, 0.6) is 0 Å². The van der Waals surface area contributed by atoms with Gasteiger partial charge in [-0.3, -0.25) is 19.1 Å². The second-order valence-corrected chi connectivity index (χ2v) is 10.6. The van der Waals surface area contributed by atoms with E-state index in [1.807, 2.05) is 25.8 Å². The highest BCUT2D eigenvalue weighted by molar-refractivity contribution is 5.94. The second-order valence-electron chi connectivity index (χ2n) is 10.6. The van der Waals surface area contributed by atoms with Crippen LogP contribution in [0.15, 0.2) is 12.3 Å². The number of nitrogens with one attached hydrogen (secondary N) is 1. The van der Waals surface area contributed by atoms with Crippen molar-refractivity contribution in [3.63, 3.8) is 0 Å². The fourth-order valence-electron chi connectivity index (χ4n) is 5.31. The maximum absolute atomic E-state index is 13.3. The van der Waals surface area contributed by atoms with E-state index in [0.717, 1.165) is 24.1 Å². The molecule has 1 unspecified atom stereocenters. The average Bonchev–Trinajstić information content (AvgIpc) is 3.21. The number of nitrogens with two attached hydrogens (primary N) is 1. The van der Waals surface area contributed by atoms with Gasteiger partial charge in [-0.15, -0.1) is 0 Å². The molecule has 0 saturated heterocycles. The smallest absolute Gasteiger partial charge is 0.272 e.